The van der Waals surface area contributed by atoms with Crippen molar-refractivity contribution in [2.24, 2.45) is 0 Å². The molecule has 0 unspecified atom stereocenters. The first-order valence-corrected chi connectivity index (χ1v) is 5.49. The first-order valence-electron chi connectivity index (χ1n) is 5.49. The molecule has 1 aromatic carbocycles. The van der Waals surface area contributed by atoms with Crippen LogP contribution in [0.25, 0.3) is 0 Å². The summed E-state index contributed by atoms with van der Waals surface area (Å²) in [6.07, 6.45) is 1.58. The molecule has 1 aliphatic rings. The van der Waals surface area contributed by atoms with Gasteiger partial charge in [0.2, 0.25) is 11.9 Å². The van der Waals surface area contributed by atoms with Crippen LogP contribution in [0, 0.1) is 0 Å². The molecule has 1 aromatic heterocycles. The third-order valence-electron chi connectivity index (χ3n) is 2.71. The molecule has 0 spiro atoms. The Morgan fingerprint density at radius 1 is 1.28 bits per heavy atom. The average molecular weight is 241 g/mol. The average Bonchev–Trinajstić information content (AvgIpc) is 2.37. The van der Waals surface area contributed by atoms with Gasteiger partial charge in [-0.05, 0) is 18.2 Å². The Kier molecular flexibility index (Phi) is 2.33. The molecule has 0 saturated carbocycles. The summed E-state index contributed by atoms with van der Waals surface area (Å²) < 4.78 is 0. The lowest BCUT2D eigenvalue weighted by atomic mass is 10.2. The van der Waals surface area contributed by atoms with Gasteiger partial charge in [0.15, 0.2) is 0 Å². The predicted octanol–water partition coefficient (Wildman–Crippen LogP) is 1.15. The van der Waals surface area contributed by atoms with Gasteiger partial charge in [-0.25, -0.2) is 4.98 Å². The van der Waals surface area contributed by atoms with Gasteiger partial charge >= 0.3 is 0 Å². The number of fused-ring (bicyclic) bond motifs is 1. The van der Waals surface area contributed by atoms with Crippen LogP contribution in [-0.4, -0.2) is 22.4 Å². The molecule has 1 amide bonds. The van der Waals surface area contributed by atoms with E-state index in [-0.39, 0.29) is 18.4 Å². The third-order valence-corrected chi connectivity index (χ3v) is 2.71. The molecule has 0 bridgehead atoms. The highest BCUT2D eigenvalue weighted by molar-refractivity contribution is 6.02. The molecule has 3 rings (SSSR count). The van der Waals surface area contributed by atoms with Crippen LogP contribution in [0.15, 0.2) is 36.5 Å². The Bertz CT molecular complexity index is 613. The maximum Gasteiger partial charge on any atom is 0.244 e. The van der Waals surface area contributed by atoms with E-state index in [2.05, 4.69) is 15.3 Å². The number of nitrogen functional groups attached to an aromatic ring is 1. The molecule has 1 aliphatic heterocycles. The van der Waals surface area contributed by atoms with Crippen molar-refractivity contribution in [3.05, 3.63) is 36.5 Å². The molecule has 0 saturated heterocycles. The molecule has 0 radical (unpaired) electrons. The van der Waals surface area contributed by atoms with Gasteiger partial charge in [-0.3, -0.25) is 4.79 Å². The van der Waals surface area contributed by atoms with E-state index < -0.39 is 0 Å². The summed E-state index contributed by atoms with van der Waals surface area (Å²) in [4.78, 5) is 21.5. The molecule has 0 fully saturated rings. The summed E-state index contributed by atoms with van der Waals surface area (Å²) in [6.45, 7) is 0.216. The molecule has 2 aromatic rings. The van der Waals surface area contributed by atoms with E-state index in [1.807, 2.05) is 29.2 Å². The van der Waals surface area contributed by atoms with Crippen LogP contribution in [0.1, 0.15) is 0 Å². The van der Waals surface area contributed by atoms with E-state index in [9.17, 15) is 4.79 Å². The van der Waals surface area contributed by atoms with Gasteiger partial charge in [-0.2, -0.15) is 4.98 Å². The number of anilines is 4. The summed E-state index contributed by atoms with van der Waals surface area (Å²) in [5.74, 6) is 0.728. The highest BCUT2D eigenvalue weighted by Crippen LogP contribution is 2.33. The van der Waals surface area contributed by atoms with Gasteiger partial charge in [0, 0.05) is 6.20 Å². The van der Waals surface area contributed by atoms with Crippen molar-refractivity contribution < 1.29 is 4.79 Å². The number of aromatic nitrogens is 2. The number of hydrogen-bond acceptors (Lipinski definition) is 5. The van der Waals surface area contributed by atoms with Gasteiger partial charge in [0.25, 0.3) is 0 Å². The lowest BCUT2D eigenvalue weighted by molar-refractivity contribution is -0.115. The van der Waals surface area contributed by atoms with Crippen LogP contribution in [0.5, 0.6) is 0 Å². The zero-order valence-corrected chi connectivity index (χ0v) is 9.50. The summed E-state index contributed by atoms with van der Waals surface area (Å²) >= 11 is 0. The normalized spacial score (nSPS) is 14.0. The molecule has 0 atom stereocenters. The molecule has 3 N–H and O–H groups in total. The molecule has 2 heterocycles. The Morgan fingerprint density at radius 3 is 2.94 bits per heavy atom. The number of carbonyl (C=O) groups is 1. The fraction of sp³-hybridized carbons (Fsp3) is 0.0833. The second-order valence-corrected chi connectivity index (χ2v) is 3.92. The number of benzene rings is 1. The number of carbonyl (C=O) groups excluding carboxylic acids is 1. The van der Waals surface area contributed by atoms with Gasteiger partial charge in [-0.15, -0.1) is 0 Å². The van der Waals surface area contributed by atoms with Crippen LogP contribution in [-0.2, 0) is 4.79 Å². The number of amides is 1. The van der Waals surface area contributed by atoms with Gasteiger partial charge < -0.3 is 16.0 Å². The Morgan fingerprint density at radius 2 is 2.11 bits per heavy atom. The molecule has 0 aliphatic carbocycles. The lowest BCUT2D eigenvalue weighted by Crippen LogP contribution is -2.35. The smallest absolute Gasteiger partial charge is 0.244 e. The van der Waals surface area contributed by atoms with Crippen molar-refractivity contribution in [1.82, 2.24) is 9.97 Å². The summed E-state index contributed by atoms with van der Waals surface area (Å²) in [5.41, 5.74) is 7.24. The number of nitrogens with two attached hydrogens (primary N) is 1. The topological polar surface area (TPSA) is 84.1 Å². The zero-order valence-electron chi connectivity index (χ0n) is 9.50. The van der Waals surface area contributed by atoms with Crippen LogP contribution >= 0.6 is 0 Å². The largest absolute Gasteiger partial charge is 0.368 e. The summed E-state index contributed by atoms with van der Waals surface area (Å²) in [5, 5.41) is 2.82. The third kappa shape index (κ3) is 1.73. The maximum atomic E-state index is 11.7. The Labute approximate surface area is 103 Å². The number of hydrogen-bond donors (Lipinski definition) is 2. The predicted molar refractivity (Wildman–Crippen MR) is 68.5 cm³/mol. The SMILES string of the molecule is Nc1nccc(N2CC(=O)Nc3ccccc32)n1. The minimum absolute atomic E-state index is 0.0779. The van der Waals surface area contributed by atoms with Gasteiger partial charge in [0.1, 0.15) is 12.4 Å². The Hall–Kier alpha value is -2.63. The Balaban J connectivity index is 2.10. The molecule has 6 heteroatoms. The quantitative estimate of drug-likeness (QED) is 0.782. The van der Waals surface area contributed by atoms with Crippen molar-refractivity contribution in [2.75, 3.05) is 22.5 Å². The molecule has 18 heavy (non-hydrogen) atoms. The number of nitrogens with zero attached hydrogens (tertiary/aromatic N) is 3. The number of para-hydroxylation sites is 2. The minimum atomic E-state index is -0.0779. The van der Waals surface area contributed by atoms with Crippen LogP contribution in [0.3, 0.4) is 0 Å². The van der Waals surface area contributed by atoms with Crippen molar-refractivity contribution >= 4 is 29.0 Å². The van der Waals surface area contributed by atoms with Crippen LogP contribution in [0.4, 0.5) is 23.1 Å². The minimum Gasteiger partial charge on any atom is -0.368 e. The molecular formula is C12H11N5O. The second-order valence-electron chi connectivity index (χ2n) is 3.92. The first kappa shape index (κ1) is 10.5. The van der Waals surface area contributed by atoms with Gasteiger partial charge in [0.05, 0.1) is 11.4 Å². The number of nitrogens with one attached hydrogen (secondary N) is 1. The van der Waals surface area contributed by atoms with Crippen LogP contribution < -0.4 is 16.0 Å². The first-order chi connectivity index (χ1) is 8.74. The maximum absolute atomic E-state index is 11.7. The van der Waals surface area contributed by atoms with E-state index >= 15 is 0 Å². The van der Waals surface area contributed by atoms with Crippen LogP contribution in [0.2, 0.25) is 0 Å². The monoisotopic (exact) mass is 241 g/mol. The fourth-order valence-corrected chi connectivity index (χ4v) is 1.95. The highest BCUT2D eigenvalue weighted by atomic mass is 16.2. The fourth-order valence-electron chi connectivity index (χ4n) is 1.95. The van der Waals surface area contributed by atoms with Crippen molar-refractivity contribution in [2.45, 2.75) is 0 Å². The van der Waals surface area contributed by atoms with E-state index in [1.54, 1.807) is 12.3 Å². The van der Waals surface area contributed by atoms with E-state index in [1.165, 1.54) is 0 Å². The highest BCUT2D eigenvalue weighted by Gasteiger charge is 2.23. The van der Waals surface area contributed by atoms with Crippen molar-refractivity contribution in [3.8, 4) is 0 Å². The van der Waals surface area contributed by atoms with E-state index in [4.69, 9.17) is 5.73 Å². The van der Waals surface area contributed by atoms with Crippen molar-refractivity contribution in [3.63, 3.8) is 0 Å². The standard InChI is InChI=1S/C12H11N5O/c13-12-14-6-5-10(16-12)17-7-11(18)15-8-3-1-2-4-9(8)17/h1-6H,7H2,(H,15,18)(H2,13,14,16). The molecule has 6 nitrogen and oxygen atoms in total. The van der Waals surface area contributed by atoms with E-state index in [0.717, 1.165) is 11.4 Å². The van der Waals surface area contributed by atoms with E-state index in [0.29, 0.717) is 5.82 Å². The number of rotatable bonds is 1. The second kappa shape index (κ2) is 3.99. The summed E-state index contributed by atoms with van der Waals surface area (Å²) in [7, 11) is 0. The van der Waals surface area contributed by atoms with Crippen molar-refractivity contribution in [1.29, 1.82) is 0 Å². The molecule has 90 valence electrons. The molecular weight excluding hydrogens is 230 g/mol. The zero-order chi connectivity index (χ0) is 12.5. The summed E-state index contributed by atoms with van der Waals surface area (Å²) in [6, 6.07) is 9.29. The lowest BCUT2D eigenvalue weighted by Gasteiger charge is -2.29. The van der Waals surface area contributed by atoms with Gasteiger partial charge in [-0.1, -0.05) is 12.1 Å².